The minimum atomic E-state index is 0.405. The highest BCUT2D eigenvalue weighted by atomic mass is 16.5. The van der Waals surface area contributed by atoms with Gasteiger partial charge in [0.1, 0.15) is 0 Å². The van der Waals surface area contributed by atoms with Crippen molar-refractivity contribution in [3.63, 3.8) is 0 Å². The van der Waals surface area contributed by atoms with E-state index in [2.05, 4.69) is 16.9 Å². The zero-order valence-electron chi connectivity index (χ0n) is 13.7. The molecule has 0 aliphatic rings. The van der Waals surface area contributed by atoms with Crippen molar-refractivity contribution < 1.29 is 14.2 Å². The van der Waals surface area contributed by atoms with Gasteiger partial charge in [0.05, 0.1) is 27.9 Å². The van der Waals surface area contributed by atoms with Crippen LogP contribution in [0.5, 0.6) is 17.2 Å². The van der Waals surface area contributed by atoms with E-state index in [1.54, 1.807) is 21.3 Å². The van der Waals surface area contributed by atoms with Gasteiger partial charge in [0, 0.05) is 12.1 Å². The summed E-state index contributed by atoms with van der Waals surface area (Å²) in [6, 6.07) is 3.80. The Morgan fingerprint density at radius 3 is 2.41 bits per heavy atom. The van der Waals surface area contributed by atoms with E-state index in [0.29, 0.717) is 42.7 Å². The van der Waals surface area contributed by atoms with Crippen molar-refractivity contribution in [2.75, 3.05) is 34.4 Å². The smallest absolute Gasteiger partial charge is 0.203 e. The first kappa shape index (κ1) is 17.7. The number of methoxy groups -OCH3 is 3. The molecular weight excluding hydrogens is 282 g/mol. The zero-order valence-corrected chi connectivity index (χ0v) is 13.7. The standard InChI is InChI=1S/C16H25N3O3/c1-11(2)10-19-16(17)18-9-8-12-6-7-13(20-3)15(22-5)14(12)21-4/h6-7H,1,8-10H2,2-5H3,(H3,17,18,19). The third-order valence-corrected chi connectivity index (χ3v) is 3.01. The van der Waals surface area contributed by atoms with E-state index in [4.69, 9.17) is 19.9 Å². The van der Waals surface area contributed by atoms with Crippen LogP contribution in [0.3, 0.4) is 0 Å². The summed E-state index contributed by atoms with van der Waals surface area (Å²) in [7, 11) is 4.79. The van der Waals surface area contributed by atoms with Gasteiger partial charge in [-0.15, -0.1) is 0 Å². The summed E-state index contributed by atoms with van der Waals surface area (Å²) in [5.41, 5.74) is 7.74. The summed E-state index contributed by atoms with van der Waals surface area (Å²) in [6.07, 6.45) is 0.715. The van der Waals surface area contributed by atoms with Crippen LogP contribution in [0.15, 0.2) is 29.3 Å². The SMILES string of the molecule is C=C(C)CN=C(N)NCCc1ccc(OC)c(OC)c1OC. The van der Waals surface area contributed by atoms with Crippen LogP contribution < -0.4 is 25.3 Å². The molecule has 6 nitrogen and oxygen atoms in total. The van der Waals surface area contributed by atoms with E-state index in [1.165, 1.54) is 0 Å². The minimum Gasteiger partial charge on any atom is -0.493 e. The maximum absolute atomic E-state index is 5.78. The van der Waals surface area contributed by atoms with E-state index < -0.39 is 0 Å². The summed E-state index contributed by atoms with van der Waals surface area (Å²) in [4.78, 5) is 4.17. The molecule has 3 N–H and O–H groups in total. The molecule has 6 heteroatoms. The molecule has 122 valence electrons. The maximum atomic E-state index is 5.78. The minimum absolute atomic E-state index is 0.405. The first-order chi connectivity index (χ1) is 10.5. The van der Waals surface area contributed by atoms with Crippen molar-refractivity contribution in [2.24, 2.45) is 10.7 Å². The Labute approximate surface area is 132 Å². The Balaban J connectivity index is 2.74. The highest BCUT2D eigenvalue weighted by Gasteiger charge is 2.15. The Morgan fingerprint density at radius 1 is 1.18 bits per heavy atom. The fraction of sp³-hybridized carbons (Fsp3) is 0.438. The zero-order chi connectivity index (χ0) is 16.5. The molecule has 0 heterocycles. The topological polar surface area (TPSA) is 78.1 Å². The summed E-state index contributed by atoms with van der Waals surface area (Å²) in [5.74, 6) is 2.30. The summed E-state index contributed by atoms with van der Waals surface area (Å²) < 4.78 is 16.1. The van der Waals surface area contributed by atoms with E-state index in [1.807, 2.05) is 19.1 Å². The normalized spacial score (nSPS) is 11.0. The summed E-state index contributed by atoms with van der Waals surface area (Å²) in [6.45, 7) is 6.85. The predicted molar refractivity (Wildman–Crippen MR) is 89.1 cm³/mol. The summed E-state index contributed by atoms with van der Waals surface area (Å²) >= 11 is 0. The number of hydrogen-bond donors (Lipinski definition) is 2. The quantitative estimate of drug-likeness (QED) is 0.434. The van der Waals surface area contributed by atoms with Crippen LogP contribution in [0.2, 0.25) is 0 Å². The second-order valence-corrected chi connectivity index (χ2v) is 4.83. The lowest BCUT2D eigenvalue weighted by Gasteiger charge is -2.16. The predicted octanol–water partition coefficient (Wildman–Crippen LogP) is 1.74. The van der Waals surface area contributed by atoms with Gasteiger partial charge in [0.25, 0.3) is 0 Å². The molecule has 0 fully saturated rings. The lowest BCUT2D eigenvalue weighted by Crippen LogP contribution is -2.33. The van der Waals surface area contributed by atoms with Crippen molar-refractivity contribution in [3.8, 4) is 17.2 Å². The first-order valence-electron chi connectivity index (χ1n) is 6.99. The molecule has 22 heavy (non-hydrogen) atoms. The van der Waals surface area contributed by atoms with Gasteiger partial charge in [-0.25, -0.2) is 4.99 Å². The average Bonchev–Trinajstić information content (AvgIpc) is 2.51. The highest BCUT2D eigenvalue weighted by Crippen LogP contribution is 2.39. The Morgan fingerprint density at radius 2 is 1.86 bits per heavy atom. The number of guanidine groups is 1. The van der Waals surface area contributed by atoms with Crippen LogP contribution in [0, 0.1) is 0 Å². The van der Waals surface area contributed by atoms with Gasteiger partial charge in [-0.2, -0.15) is 0 Å². The molecule has 0 saturated heterocycles. The molecule has 0 aliphatic carbocycles. The summed E-state index contributed by atoms with van der Waals surface area (Å²) in [5, 5.41) is 3.06. The molecular formula is C16H25N3O3. The van der Waals surface area contributed by atoms with Gasteiger partial charge in [0.2, 0.25) is 5.75 Å². The Hall–Kier alpha value is -2.37. The number of rotatable bonds is 8. The average molecular weight is 307 g/mol. The number of nitrogens with zero attached hydrogens (tertiary/aromatic N) is 1. The van der Waals surface area contributed by atoms with Crippen LogP contribution in [-0.4, -0.2) is 40.4 Å². The number of hydrogen-bond acceptors (Lipinski definition) is 4. The van der Waals surface area contributed by atoms with Crippen LogP contribution >= 0.6 is 0 Å². The molecule has 0 aromatic heterocycles. The molecule has 1 aromatic rings. The molecule has 0 spiro atoms. The van der Waals surface area contributed by atoms with Crippen LogP contribution in [0.1, 0.15) is 12.5 Å². The lowest BCUT2D eigenvalue weighted by atomic mass is 10.1. The number of nitrogens with two attached hydrogens (primary N) is 1. The van der Waals surface area contributed by atoms with Crippen molar-refractivity contribution in [1.82, 2.24) is 5.32 Å². The number of ether oxygens (including phenoxy) is 3. The number of aliphatic imine (C=N–C) groups is 1. The molecule has 0 bridgehead atoms. The monoisotopic (exact) mass is 307 g/mol. The molecule has 0 unspecified atom stereocenters. The third kappa shape index (κ3) is 4.87. The number of benzene rings is 1. The van der Waals surface area contributed by atoms with Crippen LogP contribution in [-0.2, 0) is 6.42 Å². The van der Waals surface area contributed by atoms with Crippen molar-refractivity contribution in [1.29, 1.82) is 0 Å². The largest absolute Gasteiger partial charge is 0.493 e. The van der Waals surface area contributed by atoms with Crippen molar-refractivity contribution in [3.05, 3.63) is 29.8 Å². The molecule has 0 radical (unpaired) electrons. The Kier molecular flexibility index (Phi) is 7.08. The molecule has 0 amide bonds. The Bertz CT molecular complexity index is 542. The molecule has 0 saturated carbocycles. The third-order valence-electron chi connectivity index (χ3n) is 3.01. The molecule has 0 atom stereocenters. The van der Waals surface area contributed by atoms with Gasteiger partial charge >= 0.3 is 0 Å². The fourth-order valence-electron chi connectivity index (χ4n) is 1.96. The van der Waals surface area contributed by atoms with Gasteiger partial charge in [-0.05, 0) is 19.4 Å². The second kappa shape index (κ2) is 8.81. The van der Waals surface area contributed by atoms with E-state index in [0.717, 1.165) is 11.1 Å². The highest BCUT2D eigenvalue weighted by molar-refractivity contribution is 5.77. The van der Waals surface area contributed by atoms with E-state index in [-0.39, 0.29) is 0 Å². The van der Waals surface area contributed by atoms with E-state index >= 15 is 0 Å². The van der Waals surface area contributed by atoms with Gasteiger partial charge < -0.3 is 25.3 Å². The second-order valence-electron chi connectivity index (χ2n) is 4.83. The van der Waals surface area contributed by atoms with Crippen LogP contribution in [0.25, 0.3) is 0 Å². The number of nitrogens with one attached hydrogen (secondary N) is 1. The van der Waals surface area contributed by atoms with Gasteiger partial charge in [-0.3, -0.25) is 0 Å². The van der Waals surface area contributed by atoms with Gasteiger partial charge in [0.15, 0.2) is 17.5 Å². The maximum Gasteiger partial charge on any atom is 0.203 e. The molecule has 1 aromatic carbocycles. The fourth-order valence-corrected chi connectivity index (χ4v) is 1.96. The first-order valence-corrected chi connectivity index (χ1v) is 6.99. The lowest BCUT2D eigenvalue weighted by molar-refractivity contribution is 0.322. The van der Waals surface area contributed by atoms with Crippen molar-refractivity contribution in [2.45, 2.75) is 13.3 Å². The van der Waals surface area contributed by atoms with Gasteiger partial charge in [-0.1, -0.05) is 18.2 Å². The molecule has 0 aliphatic heterocycles. The van der Waals surface area contributed by atoms with Crippen LogP contribution in [0.4, 0.5) is 0 Å². The molecule has 1 rings (SSSR count). The van der Waals surface area contributed by atoms with Crippen molar-refractivity contribution >= 4 is 5.96 Å². The van der Waals surface area contributed by atoms with E-state index in [9.17, 15) is 0 Å².